The van der Waals surface area contributed by atoms with Crippen LogP contribution in [0.2, 0.25) is 5.02 Å². The maximum Gasteiger partial charge on any atom is 0.126 e. The minimum atomic E-state index is -0.165. The van der Waals surface area contributed by atoms with Crippen LogP contribution in [-0.4, -0.2) is 6.04 Å². The van der Waals surface area contributed by atoms with Gasteiger partial charge in [0, 0.05) is 15.5 Å². The van der Waals surface area contributed by atoms with E-state index in [0.29, 0.717) is 17.0 Å². The fourth-order valence-electron chi connectivity index (χ4n) is 2.07. The minimum absolute atomic E-state index is 0.0990. The Morgan fingerprint density at radius 1 is 1.30 bits per heavy atom. The number of benzene rings is 2. The fourth-order valence-corrected chi connectivity index (χ4v) is 2.80. The Morgan fingerprint density at radius 2 is 2.00 bits per heavy atom. The first-order valence-electron chi connectivity index (χ1n) is 6.43. The van der Waals surface area contributed by atoms with E-state index in [1.807, 2.05) is 38.1 Å². The third-order valence-electron chi connectivity index (χ3n) is 3.13. The molecule has 1 atom stereocenters. The maximum absolute atomic E-state index is 13.6. The Hall–Kier alpha value is -1.06. The topological polar surface area (TPSA) is 12.0 Å². The molecule has 0 fully saturated rings. The van der Waals surface area contributed by atoms with Crippen molar-refractivity contribution in [1.82, 2.24) is 0 Å². The third kappa shape index (κ3) is 3.74. The molecule has 0 saturated heterocycles. The van der Waals surface area contributed by atoms with Crippen molar-refractivity contribution in [2.75, 3.05) is 5.32 Å². The van der Waals surface area contributed by atoms with Gasteiger partial charge in [0.1, 0.15) is 5.82 Å². The van der Waals surface area contributed by atoms with Gasteiger partial charge in [0.2, 0.25) is 0 Å². The highest BCUT2D eigenvalue weighted by molar-refractivity contribution is 9.10. The summed E-state index contributed by atoms with van der Waals surface area (Å²) < 4.78 is 14.6. The van der Waals surface area contributed by atoms with E-state index in [-0.39, 0.29) is 11.9 Å². The standard InChI is InChI=1S/C16H16BrClFN/c1-10-7-13(17)16(9-14(10)18)20-11(2)8-12-5-3-4-6-15(12)19/h3-7,9,11,20H,8H2,1-2H3. The lowest BCUT2D eigenvalue weighted by Gasteiger charge is -2.18. The van der Waals surface area contributed by atoms with Crippen molar-refractivity contribution in [3.05, 3.63) is 62.8 Å². The Morgan fingerprint density at radius 3 is 2.70 bits per heavy atom. The average molecular weight is 357 g/mol. The molecule has 20 heavy (non-hydrogen) atoms. The maximum atomic E-state index is 13.6. The van der Waals surface area contributed by atoms with Gasteiger partial charge in [-0.05, 0) is 65.5 Å². The summed E-state index contributed by atoms with van der Waals surface area (Å²) in [5.41, 5.74) is 2.65. The summed E-state index contributed by atoms with van der Waals surface area (Å²) in [6.07, 6.45) is 0.616. The fraction of sp³-hybridized carbons (Fsp3) is 0.250. The summed E-state index contributed by atoms with van der Waals surface area (Å²) in [4.78, 5) is 0. The molecular weight excluding hydrogens is 341 g/mol. The van der Waals surface area contributed by atoms with E-state index in [1.54, 1.807) is 6.07 Å². The number of hydrogen-bond acceptors (Lipinski definition) is 1. The van der Waals surface area contributed by atoms with Crippen molar-refractivity contribution >= 4 is 33.2 Å². The van der Waals surface area contributed by atoms with Gasteiger partial charge in [-0.1, -0.05) is 29.8 Å². The lowest BCUT2D eigenvalue weighted by molar-refractivity contribution is 0.601. The molecule has 1 unspecified atom stereocenters. The molecule has 0 radical (unpaired) electrons. The molecule has 2 rings (SSSR count). The third-order valence-corrected chi connectivity index (χ3v) is 4.20. The molecule has 4 heteroatoms. The van der Waals surface area contributed by atoms with Crippen molar-refractivity contribution in [3.8, 4) is 0 Å². The summed E-state index contributed by atoms with van der Waals surface area (Å²) in [7, 11) is 0. The van der Waals surface area contributed by atoms with Crippen molar-refractivity contribution in [3.63, 3.8) is 0 Å². The highest BCUT2D eigenvalue weighted by atomic mass is 79.9. The van der Waals surface area contributed by atoms with Crippen molar-refractivity contribution in [1.29, 1.82) is 0 Å². The van der Waals surface area contributed by atoms with Crippen LogP contribution < -0.4 is 5.32 Å². The van der Waals surface area contributed by atoms with Crippen molar-refractivity contribution in [2.24, 2.45) is 0 Å². The van der Waals surface area contributed by atoms with Crippen LogP contribution in [0.1, 0.15) is 18.1 Å². The summed E-state index contributed by atoms with van der Waals surface area (Å²) in [5, 5.41) is 4.07. The lowest BCUT2D eigenvalue weighted by atomic mass is 10.1. The van der Waals surface area contributed by atoms with Gasteiger partial charge in [-0.3, -0.25) is 0 Å². The van der Waals surface area contributed by atoms with Crippen LogP contribution in [0.3, 0.4) is 0 Å². The molecule has 0 amide bonds. The second kappa shape index (κ2) is 6.59. The van der Waals surface area contributed by atoms with Crippen LogP contribution >= 0.6 is 27.5 Å². The van der Waals surface area contributed by atoms with E-state index in [2.05, 4.69) is 21.2 Å². The van der Waals surface area contributed by atoms with Crippen LogP contribution in [-0.2, 0) is 6.42 Å². The normalized spacial score (nSPS) is 12.2. The predicted molar refractivity (Wildman–Crippen MR) is 87.1 cm³/mol. The molecule has 0 bridgehead atoms. The molecule has 106 valence electrons. The number of anilines is 1. The first kappa shape index (κ1) is 15.3. The van der Waals surface area contributed by atoms with E-state index < -0.39 is 0 Å². The smallest absolute Gasteiger partial charge is 0.126 e. The monoisotopic (exact) mass is 355 g/mol. The molecule has 2 aromatic carbocycles. The van der Waals surface area contributed by atoms with Crippen LogP contribution in [0.25, 0.3) is 0 Å². The van der Waals surface area contributed by atoms with E-state index in [1.165, 1.54) is 6.07 Å². The Kier molecular flexibility index (Phi) is 5.06. The van der Waals surface area contributed by atoms with E-state index in [9.17, 15) is 4.39 Å². The Balaban J connectivity index is 2.11. The largest absolute Gasteiger partial charge is 0.381 e. The molecule has 1 nitrogen and oxygen atoms in total. The second-order valence-corrected chi connectivity index (χ2v) is 6.18. The molecule has 0 aliphatic carbocycles. The first-order chi connectivity index (χ1) is 9.47. The number of rotatable bonds is 4. The van der Waals surface area contributed by atoms with Crippen LogP contribution in [0.4, 0.5) is 10.1 Å². The zero-order valence-electron chi connectivity index (χ0n) is 11.4. The van der Waals surface area contributed by atoms with Crippen LogP contribution in [0, 0.1) is 12.7 Å². The molecule has 1 N–H and O–H groups in total. The number of aryl methyl sites for hydroxylation is 1. The van der Waals surface area contributed by atoms with E-state index in [0.717, 1.165) is 15.7 Å². The SMILES string of the molecule is Cc1cc(Br)c(NC(C)Cc2ccccc2F)cc1Cl. The van der Waals surface area contributed by atoms with Gasteiger partial charge in [-0.25, -0.2) is 4.39 Å². The zero-order chi connectivity index (χ0) is 14.7. The van der Waals surface area contributed by atoms with Crippen molar-refractivity contribution < 1.29 is 4.39 Å². The average Bonchev–Trinajstić information content (AvgIpc) is 2.39. The molecule has 0 aliphatic rings. The van der Waals surface area contributed by atoms with Gasteiger partial charge in [0.05, 0.1) is 5.69 Å². The van der Waals surface area contributed by atoms with E-state index in [4.69, 9.17) is 11.6 Å². The van der Waals surface area contributed by atoms with E-state index >= 15 is 0 Å². The molecule has 2 aromatic rings. The number of halogens is 3. The minimum Gasteiger partial charge on any atom is -0.381 e. The Labute approximate surface area is 132 Å². The van der Waals surface area contributed by atoms with Crippen molar-refractivity contribution in [2.45, 2.75) is 26.3 Å². The highest BCUT2D eigenvalue weighted by Crippen LogP contribution is 2.30. The summed E-state index contributed by atoms with van der Waals surface area (Å²) in [6.45, 7) is 3.98. The molecule has 0 aliphatic heterocycles. The molecule has 0 heterocycles. The van der Waals surface area contributed by atoms with Crippen LogP contribution in [0.15, 0.2) is 40.9 Å². The zero-order valence-corrected chi connectivity index (χ0v) is 13.7. The summed E-state index contributed by atoms with van der Waals surface area (Å²) in [5.74, 6) is -0.165. The number of hydrogen-bond donors (Lipinski definition) is 1. The van der Waals surface area contributed by atoms with Gasteiger partial charge in [-0.15, -0.1) is 0 Å². The first-order valence-corrected chi connectivity index (χ1v) is 7.60. The van der Waals surface area contributed by atoms with Gasteiger partial charge < -0.3 is 5.32 Å². The molecular formula is C16H16BrClFN. The predicted octanol–water partition coefficient (Wildman–Crippen LogP) is 5.59. The van der Waals surface area contributed by atoms with Gasteiger partial charge in [0.15, 0.2) is 0 Å². The number of nitrogens with one attached hydrogen (secondary N) is 1. The molecule has 0 saturated carbocycles. The van der Waals surface area contributed by atoms with Gasteiger partial charge >= 0.3 is 0 Å². The summed E-state index contributed by atoms with van der Waals surface area (Å²) >= 11 is 9.65. The summed E-state index contributed by atoms with van der Waals surface area (Å²) in [6, 6.07) is 10.8. The van der Waals surface area contributed by atoms with Crippen LogP contribution in [0.5, 0.6) is 0 Å². The quantitative estimate of drug-likeness (QED) is 0.752. The molecule has 0 spiro atoms. The van der Waals surface area contributed by atoms with Gasteiger partial charge in [0.25, 0.3) is 0 Å². The lowest BCUT2D eigenvalue weighted by Crippen LogP contribution is -2.19. The Bertz CT molecular complexity index is 615. The highest BCUT2D eigenvalue weighted by Gasteiger charge is 2.10. The molecule has 0 aromatic heterocycles. The van der Waals surface area contributed by atoms with Gasteiger partial charge in [-0.2, -0.15) is 0 Å². The second-order valence-electron chi connectivity index (χ2n) is 4.92.